The number of benzene rings is 1. The molecule has 32 heavy (non-hydrogen) atoms. The van der Waals surface area contributed by atoms with Crippen LogP contribution in [-0.2, 0) is 13.0 Å². The number of rotatable bonds is 7. The van der Waals surface area contributed by atoms with Crippen molar-refractivity contribution < 1.29 is 5.11 Å². The van der Waals surface area contributed by atoms with Crippen molar-refractivity contribution in [1.29, 1.82) is 0 Å². The molecule has 1 aromatic carbocycles. The predicted molar refractivity (Wildman–Crippen MR) is 128 cm³/mol. The van der Waals surface area contributed by atoms with Gasteiger partial charge in [0.25, 0.3) is 0 Å². The number of piperazine rings is 1. The highest BCUT2D eigenvalue weighted by molar-refractivity contribution is 5.89. The minimum Gasteiger partial charge on any atom is -0.396 e. The molecule has 0 spiro atoms. The molecule has 2 aromatic heterocycles. The van der Waals surface area contributed by atoms with Crippen LogP contribution in [0.2, 0.25) is 0 Å². The highest BCUT2D eigenvalue weighted by Gasteiger charge is 2.28. The number of hydrogen-bond acceptors (Lipinski definition) is 6. The van der Waals surface area contributed by atoms with E-state index in [4.69, 9.17) is 9.97 Å². The second kappa shape index (κ2) is 9.57. The number of aliphatic hydroxyl groups excluding tert-OH is 1. The molecular weight excluding hydrogens is 400 g/mol. The van der Waals surface area contributed by atoms with Crippen LogP contribution in [0.5, 0.6) is 0 Å². The SMILES string of the molecule is CN1CCN(c2cccc3nc(CN(CCCO)[C@H]4CCCc5cccnc54)[nH]c23)CC1. The van der Waals surface area contributed by atoms with Gasteiger partial charge in [0.2, 0.25) is 0 Å². The molecule has 2 aliphatic rings. The summed E-state index contributed by atoms with van der Waals surface area (Å²) >= 11 is 0. The summed E-state index contributed by atoms with van der Waals surface area (Å²) in [6, 6.07) is 11.0. The fourth-order valence-corrected chi connectivity index (χ4v) is 5.20. The number of nitrogens with one attached hydrogen (secondary N) is 1. The van der Waals surface area contributed by atoms with Gasteiger partial charge in [0.15, 0.2) is 0 Å². The number of hydrogen-bond donors (Lipinski definition) is 2. The Morgan fingerprint density at radius 3 is 2.88 bits per heavy atom. The third-order valence-electron chi connectivity index (χ3n) is 6.95. The fourth-order valence-electron chi connectivity index (χ4n) is 5.20. The second-order valence-corrected chi connectivity index (χ2v) is 9.15. The van der Waals surface area contributed by atoms with Gasteiger partial charge in [0.05, 0.1) is 35.0 Å². The summed E-state index contributed by atoms with van der Waals surface area (Å²) in [4.78, 5) is 20.7. The molecule has 1 aliphatic carbocycles. The van der Waals surface area contributed by atoms with Crippen molar-refractivity contribution >= 4 is 16.7 Å². The molecule has 0 radical (unpaired) electrons. The Hall–Kier alpha value is -2.48. The Balaban J connectivity index is 1.42. The molecule has 1 saturated heterocycles. The minimum atomic E-state index is 0.200. The number of fused-ring (bicyclic) bond motifs is 2. The van der Waals surface area contributed by atoms with E-state index in [0.717, 1.165) is 75.4 Å². The first-order valence-electron chi connectivity index (χ1n) is 11.9. The lowest BCUT2D eigenvalue weighted by Gasteiger charge is -2.34. The van der Waals surface area contributed by atoms with E-state index < -0.39 is 0 Å². The van der Waals surface area contributed by atoms with Crippen LogP contribution in [0.15, 0.2) is 36.5 Å². The summed E-state index contributed by atoms with van der Waals surface area (Å²) in [6.45, 7) is 6.01. The molecule has 1 aliphatic heterocycles. The normalized spacial score (nSPS) is 19.6. The zero-order valence-corrected chi connectivity index (χ0v) is 19.0. The van der Waals surface area contributed by atoms with Crippen molar-refractivity contribution in [1.82, 2.24) is 24.8 Å². The van der Waals surface area contributed by atoms with E-state index in [2.05, 4.69) is 51.0 Å². The molecule has 1 fully saturated rings. The number of aryl methyl sites for hydroxylation is 1. The molecule has 2 N–H and O–H groups in total. The van der Waals surface area contributed by atoms with Crippen LogP contribution in [0.1, 0.15) is 42.4 Å². The van der Waals surface area contributed by atoms with Crippen molar-refractivity contribution in [2.75, 3.05) is 51.3 Å². The third kappa shape index (κ3) is 4.37. The standard InChI is InChI=1S/C25H34N6O/c1-29-13-15-30(16-14-29)22-10-3-8-20-25(22)28-23(27-20)18-31(12-5-17-32)21-9-2-6-19-7-4-11-26-24(19)21/h3-4,7-8,10-11,21,32H,2,5-6,9,12-18H2,1H3,(H,27,28)/t21-/m0/s1. The van der Waals surface area contributed by atoms with Gasteiger partial charge >= 0.3 is 0 Å². The zero-order chi connectivity index (χ0) is 21.9. The molecule has 1 atom stereocenters. The van der Waals surface area contributed by atoms with Gasteiger partial charge in [-0.25, -0.2) is 4.98 Å². The van der Waals surface area contributed by atoms with E-state index in [1.54, 1.807) is 0 Å². The Morgan fingerprint density at radius 2 is 2.03 bits per heavy atom. The van der Waals surface area contributed by atoms with Crippen LogP contribution in [-0.4, -0.2) is 76.2 Å². The number of aromatic amines is 1. The molecule has 7 heteroatoms. The van der Waals surface area contributed by atoms with Crippen LogP contribution < -0.4 is 4.90 Å². The number of aliphatic hydroxyl groups is 1. The maximum Gasteiger partial charge on any atom is 0.121 e. The number of likely N-dealkylation sites (N-methyl/N-ethyl adjacent to an activating group) is 1. The maximum atomic E-state index is 9.51. The maximum absolute atomic E-state index is 9.51. The fraction of sp³-hybridized carbons (Fsp3) is 0.520. The van der Waals surface area contributed by atoms with E-state index in [1.807, 2.05) is 12.3 Å². The lowest BCUT2D eigenvalue weighted by atomic mass is 9.90. The summed E-state index contributed by atoms with van der Waals surface area (Å²) < 4.78 is 0. The molecule has 0 saturated carbocycles. The number of nitrogens with zero attached hydrogens (tertiary/aromatic N) is 5. The second-order valence-electron chi connectivity index (χ2n) is 9.15. The Morgan fingerprint density at radius 1 is 1.16 bits per heavy atom. The third-order valence-corrected chi connectivity index (χ3v) is 6.95. The van der Waals surface area contributed by atoms with Crippen LogP contribution in [0.4, 0.5) is 5.69 Å². The van der Waals surface area contributed by atoms with Gasteiger partial charge in [0, 0.05) is 45.5 Å². The molecule has 5 rings (SSSR count). The Labute approximate surface area is 190 Å². The number of pyridine rings is 1. The lowest BCUT2D eigenvalue weighted by Crippen LogP contribution is -2.44. The first-order chi connectivity index (χ1) is 15.7. The molecule has 170 valence electrons. The van der Waals surface area contributed by atoms with Crippen molar-refractivity contribution in [2.24, 2.45) is 0 Å². The van der Waals surface area contributed by atoms with Crippen LogP contribution in [0, 0.1) is 0 Å². The predicted octanol–water partition coefficient (Wildman–Crippen LogP) is 2.97. The molecular formula is C25H34N6O. The molecule has 3 heterocycles. The van der Waals surface area contributed by atoms with Gasteiger partial charge in [-0.3, -0.25) is 9.88 Å². The molecule has 3 aromatic rings. The van der Waals surface area contributed by atoms with Crippen molar-refractivity contribution in [3.05, 3.63) is 53.6 Å². The van der Waals surface area contributed by atoms with Gasteiger partial charge in [-0.1, -0.05) is 12.1 Å². The zero-order valence-electron chi connectivity index (χ0n) is 19.0. The number of para-hydroxylation sites is 1. The van der Waals surface area contributed by atoms with Crippen molar-refractivity contribution in [2.45, 2.75) is 38.3 Å². The highest BCUT2D eigenvalue weighted by atomic mass is 16.3. The average molecular weight is 435 g/mol. The summed E-state index contributed by atoms with van der Waals surface area (Å²) in [6.07, 6.45) is 6.04. The van der Waals surface area contributed by atoms with E-state index in [-0.39, 0.29) is 12.6 Å². The Bertz CT molecular complexity index is 1040. The van der Waals surface area contributed by atoms with Gasteiger partial charge in [-0.05, 0) is 56.5 Å². The van der Waals surface area contributed by atoms with Crippen LogP contribution in [0.25, 0.3) is 11.0 Å². The lowest BCUT2D eigenvalue weighted by molar-refractivity contribution is 0.146. The van der Waals surface area contributed by atoms with Gasteiger partial charge in [0.1, 0.15) is 5.82 Å². The summed E-state index contributed by atoms with van der Waals surface area (Å²) in [5, 5.41) is 9.51. The van der Waals surface area contributed by atoms with Crippen molar-refractivity contribution in [3.63, 3.8) is 0 Å². The number of anilines is 1. The minimum absolute atomic E-state index is 0.200. The highest BCUT2D eigenvalue weighted by Crippen LogP contribution is 2.34. The topological polar surface area (TPSA) is 71.5 Å². The quantitative estimate of drug-likeness (QED) is 0.596. The monoisotopic (exact) mass is 434 g/mol. The van der Waals surface area contributed by atoms with E-state index in [1.165, 1.54) is 23.4 Å². The van der Waals surface area contributed by atoms with Crippen LogP contribution in [0.3, 0.4) is 0 Å². The largest absolute Gasteiger partial charge is 0.396 e. The number of aromatic nitrogens is 3. The molecule has 0 bridgehead atoms. The van der Waals surface area contributed by atoms with E-state index in [9.17, 15) is 5.11 Å². The van der Waals surface area contributed by atoms with Gasteiger partial charge < -0.3 is 19.9 Å². The molecule has 0 unspecified atom stereocenters. The van der Waals surface area contributed by atoms with Gasteiger partial charge in [-0.2, -0.15) is 0 Å². The molecule has 0 amide bonds. The summed E-state index contributed by atoms with van der Waals surface area (Å²) in [5.74, 6) is 0.988. The average Bonchev–Trinajstić information content (AvgIpc) is 3.25. The number of H-pyrrole nitrogens is 1. The first-order valence-corrected chi connectivity index (χ1v) is 11.9. The smallest absolute Gasteiger partial charge is 0.121 e. The summed E-state index contributed by atoms with van der Waals surface area (Å²) in [7, 11) is 2.19. The summed E-state index contributed by atoms with van der Waals surface area (Å²) in [5.41, 5.74) is 5.98. The molecule has 7 nitrogen and oxygen atoms in total. The van der Waals surface area contributed by atoms with E-state index >= 15 is 0 Å². The number of imidazole rings is 1. The Kier molecular flexibility index (Phi) is 6.39. The first kappa shape index (κ1) is 21.4. The van der Waals surface area contributed by atoms with Crippen LogP contribution >= 0.6 is 0 Å². The van der Waals surface area contributed by atoms with E-state index in [0.29, 0.717) is 0 Å². The van der Waals surface area contributed by atoms with Gasteiger partial charge in [-0.15, -0.1) is 0 Å². The van der Waals surface area contributed by atoms with Crippen molar-refractivity contribution in [3.8, 4) is 0 Å².